The molecule has 3 heterocycles. The molecule has 2 aliphatic rings. The molecule has 0 bridgehead atoms. The topological polar surface area (TPSA) is 71.8 Å². The van der Waals surface area contributed by atoms with Crippen LogP contribution in [0.1, 0.15) is 35.3 Å². The van der Waals surface area contributed by atoms with Crippen molar-refractivity contribution in [1.82, 2.24) is 4.57 Å². The SMILES string of the molecule is CCC1Cc2c(N3CCOCC3)c(F)cc3c(=O)c(C(=O)O)cn1c23. The van der Waals surface area contributed by atoms with Crippen molar-refractivity contribution in [3.63, 3.8) is 0 Å². The zero-order chi connectivity index (χ0) is 17.7. The van der Waals surface area contributed by atoms with Crippen LogP contribution in [-0.2, 0) is 11.2 Å². The Labute approximate surface area is 143 Å². The first-order valence-corrected chi connectivity index (χ1v) is 8.49. The van der Waals surface area contributed by atoms with Gasteiger partial charge in [0.25, 0.3) is 0 Å². The third-order valence-electron chi connectivity index (χ3n) is 5.20. The largest absolute Gasteiger partial charge is 0.477 e. The summed E-state index contributed by atoms with van der Waals surface area (Å²) in [4.78, 5) is 25.9. The van der Waals surface area contributed by atoms with Crippen molar-refractivity contribution in [2.75, 3.05) is 31.2 Å². The van der Waals surface area contributed by atoms with Crippen LogP contribution in [0.4, 0.5) is 10.1 Å². The Balaban J connectivity index is 2.03. The van der Waals surface area contributed by atoms with Gasteiger partial charge in [-0.25, -0.2) is 9.18 Å². The molecule has 25 heavy (non-hydrogen) atoms. The summed E-state index contributed by atoms with van der Waals surface area (Å²) in [5.74, 6) is -1.75. The zero-order valence-electron chi connectivity index (χ0n) is 13.9. The van der Waals surface area contributed by atoms with Crippen molar-refractivity contribution in [2.24, 2.45) is 0 Å². The molecule has 0 saturated carbocycles. The second kappa shape index (κ2) is 5.84. The van der Waals surface area contributed by atoms with Gasteiger partial charge in [0.1, 0.15) is 11.4 Å². The molecule has 0 spiro atoms. The zero-order valence-corrected chi connectivity index (χ0v) is 13.9. The van der Waals surface area contributed by atoms with Crippen LogP contribution in [0.15, 0.2) is 17.1 Å². The first-order chi connectivity index (χ1) is 12.0. The first-order valence-electron chi connectivity index (χ1n) is 8.49. The highest BCUT2D eigenvalue weighted by Crippen LogP contribution is 2.40. The Bertz CT molecular complexity index is 931. The number of aromatic nitrogens is 1. The Hall–Kier alpha value is -2.41. The summed E-state index contributed by atoms with van der Waals surface area (Å²) in [6.45, 7) is 4.29. The molecular weight excluding hydrogens is 327 g/mol. The lowest BCUT2D eigenvalue weighted by Crippen LogP contribution is -2.37. The summed E-state index contributed by atoms with van der Waals surface area (Å²) >= 11 is 0. The summed E-state index contributed by atoms with van der Waals surface area (Å²) in [6, 6.07) is 1.23. The van der Waals surface area contributed by atoms with Crippen LogP contribution >= 0.6 is 0 Å². The number of carboxylic acids is 1. The van der Waals surface area contributed by atoms with Crippen molar-refractivity contribution < 1.29 is 19.0 Å². The van der Waals surface area contributed by atoms with Gasteiger partial charge in [0.2, 0.25) is 5.43 Å². The lowest BCUT2D eigenvalue weighted by Gasteiger charge is -2.30. The Morgan fingerprint density at radius 3 is 2.76 bits per heavy atom. The molecule has 1 saturated heterocycles. The van der Waals surface area contributed by atoms with E-state index in [4.69, 9.17) is 4.74 Å². The molecule has 0 amide bonds. The smallest absolute Gasteiger partial charge is 0.341 e. The van der Waals surface area contributed by atoms with Crippen molar-refractivity contribution in [2.45, 2.75) is 25.8 Å². The fourth-order valence-electron chi connectivity index (χ4n) is 4.00. The number of halogens is 1. The fourth-order valence-corrected chi connectivity index (χ4v) is 4.00. The van der Waals surface area contributed by atoms with Gasteiger partial charge < -0.3 is 19.3 Å². The number of benzene rings is 1. The molecule has 1 aromatic carbocycles. The van der Waals surface area contributed by atoms with E-state index in [0.717, 1.165) is 12.0 Å². The Morgan fingerprint density at radius 2 is 2.12 bits per heavy atom. The van der Waals surface area contributed by atoms with Gasteiger partial charge in [0, 0.05) is 36.3 Å². The molecule has 1 aromatic heterocycles. The van der Waals surface area contributed by atoms with Crippen molar-refractivity contribution >= 4 is 22.6 Å². The van der Waals surface area contributed by atoms with E-state index in [1.807, 2.05) is 16.4 Å². The summed E-state index contributed by atoms with van der Waals surface area (Å²) in [5, 5.41) is 9.47. The third kappa shape index (κ3) is 2.33. The lowest BCUT2D eigenvalue weighted by molar-refractivity contribution is 0.0694. The highest BCUT2D eigenvalue weighted by atomic mass is 19.1. The molecule has 2 aliphatic heterocycles. The lowest BCUT2D eigenvalue weighted by atomic mass is 10.0. The average molecular weight is 346 g/mol. The predicted octanol–water partition coefficient (Wildman–Crippen LogP) is 2.18. The number of morpholine rings is 1. The quantitative estimate of drug-likeness (QED) is 0.922. The van der Waals surface area contributed by atoms with E-state index in [1.54, 1.807) is 0 Å². The number of nitrogens with zero attached hydrogens (tertiary/aromatic N) is 2. The van der Waals surface area contributed by atoms with E-state index in [9.17, 15) is 19.1 Å². The van der Waals surface area contributed by atoms with Gasteiger partial charge in [-0.3, -0.25) is 4.79 Å². The summed E-state index contributed by atoms with van der Waals surface area (Å²) in [7, 11) is 0. The second-order valence-corrected chi connectivity index (χ2v) is 6.53. The van der Waals surface area contributed by atoms with Gasteiger partial charge in [-0.1, -0.05) is 6.92 Å². The van der Waals surface area contributed by atoms with Crippen molar-refractivity contribution in [3.8, 4) is 0 Å². The average Bonchev–Trinajstić information content (AvgIpc) is 2.97. The van der Waals surface area contributed by atoms with Gasteiger partial charge in [0.05, 0.1) is 24.4 Å². The van der Waals surface area contributed by atoms with Gasteiger partial charge >= 0.3 is 5.97 Å². The molecule has 1 unspecified atom stereocenters. The number of hydrogen-bond donors (Lipinski definition) is 1. The summed E-state index contributed by atoms with van der Waals surface area (Å²) in [6.07, 6.45) is 2.79. The van der Waals surface area contributed by atoms with Crippen LogP contribution in [0, 0.1) is 5.82 Å². The molecule has 132 valence electrons. The monoisotopic (exact) mass is 346 g/mol. The van der Waals surface area contributed by atoms with Crippen LogP contribution in [0.25, 0.3) is 10.9 Å². The normalized spacial score (nSPS) is 19.6. The van der Waals surface area contributed by atoms with Gasteiger partial charge in [-0.2, -0.15) is 0 Å². The number of hydrogen-bond acceptors (Lipinski definition) is 4. The molecule has 0 radical (unpaired) electrons. The highest BCUT2D eigenvalue weighted by Gasteiger charge is 2.32. The molecule has 6 nitrogen and oxygen atoms in total. The van der Waals surface area contributed by atoms with Crippen LogP contribution in [0.2, 0.25) is 0 Å². The molecular formula is C18H19FN2O4. The van der Waals surface area contributed by atoms with E-state index in [0.29, 0.717) is 43.9 Å². The minimum absolute atomic E-state index is 0.0257. The molecule has 1 atom stereocenters. The van der Waals surface area contributed by atoms with Crippen molar-refractivity contribution in [1.29, 1.82) is 0 Å². The van der Waals surface area contributed by atoms with Crippen LogP contribution in [0.3, 0.4) is 0 Å². The fraction of sp³-hybridized carbons (Fsp3) is 0.444. The predicted molar refractivity (Wildman–Crippen MR) is 91.2 cm³/mol. The molecule has 1 fully saturated rings. The molecule has 7 heteroatoms. The van der Waals surface area contributed by atoms with Gasteiger partial charge in [-0.15, -0.1) is 0 Å². The number of carboxylic acid groups (broad SMARTS) is 1. The van der Waals surface area contributed by atoms with Crippen LogP contribution in [0.5, 0.6) is 0 Å². The number of carbonyl (C=O) groups is 1. The van der Waals surface area contributed by atoms with Gasteiger partial charge in [-0.05, 0) is 18.9 Å². The van der Waals surface area contributed by atoms with Crippen LogP contribution in [-0.4, -0.2) is 41.9 Å². The second-order valence-electron chi connectivity index (χ2n) is 6.53. The number of pyridine rings is 1. The highest BCUT2D eigenvalue weighted by molar-refractivity contribution is 5.96. The number of anilines is 1. The van der Waals surface area contributed by atoms with E-state index >= 15 is 0 Å². The third-order valence-corrected chi connectivity index (χ3v) is 5.20. The summed E-state index contributed by atoms with van der Waals surface area (Å²) in [5.41, 5.74) is 1.08. The maximum absolute atomic E-state index is 14.9. The standard InChI is InChI=1S/C18H19FN2O4/c1-2-10-7-11-15-12(17(22)13(18(23)24)9-21(10)15)8-14(19)16(11)20-3-5-25-6-4-20/h8-10H,2-7H2,1H3,(H,23,24). The molecule has 4 rings (SSSR count). The van der Waals surface area contributed by atoms with Crippen LogP contribution < -0.4 is 10.3 Å². The Morgan fingerprint density at radius 1 is 1.40 bits per heavy atom. The number of aromatic carboxylic acids is 1. The van der Waals surface area contributed by atoms with E-state index < -0.39 is 17.2 Å². The minimum Gasteiger partial charge on any atom is -0.477 e. The van der Waals surface area contributed by atoms with E-state index in [1.165, 1.54) is 12.3 Å². The van der Waals surface area contributed by atoms with Gasteiger partial charge in [0.15, 0.2) is 0 Å². The molecule has 0 aliphatic carbocycles. The Kier molecular flexibility index (Phi) is 3.76. The maximum atomic E-state index is 14.9. The van der Waals surface area contributed by atoms with E-state index in [-0.39, 0.29) is 17.0 Å². The maximum Gasteiger partial charge on any atom is 0.341 e. The number of ether oxygens (including phenoxy) is 1. The summed E-state index contributed by atoms with van der Waals surface area (Å²) < 4.78 is 22.1. The number of rotatable bonds is 3. The minimum atomic E-state index is -1.28. The van der Waals surface area contributed by atoms with Crippen molar-refractivity contribution in [3.05, 3.63) is 39.4 Å². The molecule has 2 aromatic rings. The first kappa shape index (κ1) is 16.1. The molecule has 1 N–H and O–H groups in total. The van der Waals surface area contributed by atoms with E-state index in [2.05, 4.69) is 0 Å².